The number of rotatable bonds is 9. The topological polar surface area (TPSA) is 44.1 Å². The summed E-state index contributed by atoms with van der Waals surface area (Å²) in [7, 11) is 0. The van der Waals surface area contributed by atoms with Gasteiger partial charge in [-0.1, -0.05) is 26.2 Å². The minimum absolute atomic E-state index is 0.0404. The maximum atomic E-state index is 11.4. The molecule has 1 aromatic heterocycles. The number of hydrogen-bond donors (Lipinski definition) is 0. The summed E-state index contributed by atoms with van der Waals surface area (Å²) in [4.78, 5) is 15.4. The smallest absolute Gasteiger partial charge is 0.308 e. The van der Waals surface area contributed by atoms with Crippen molar-refractivity contribution in [1.29, 1.82) is 0 Å². The van der Waals surface area contributed by atoms with E-state index in [2.05, 4.69) is 9.55 Å². The minimum atomic E-state index is -0.0593. The molecule has 0 unspecified atom stereocenters. The normalized spacial score (nSPS) is 12.3. The molecule has 18 heavy (non-hydrogen) atoms. The molecular weight excluding hydrogens is 228 g/mol. The lowest BCUT2D eigenvalue weighted by Gasteiger charge is -2.09. The quantitative estimate of drug-likeness (QED) is 0.501. The average Bonchev–Trinajstić information content (AvgIpc) is 2.86. The molecule has 0 fully saturated rings. The maximum Gasteiger partial charge on any atom is 0.308 e. The molecule has 1 aromatic rings. The first-order chi connectivity index (χ1) is 8.74. The summed E-state index contributed by atoms with van der Waals surface area (Å²) in [6, 6.07) is 0. The highest BCUT2D eigenvalue weighted by molar-refractivity contribution is 5.71. The predicted molar refractivity (Wildman–Crippen MR) is 71.1 cm³/mol. The molecular formula is C14H24N2O2. The Morgan fingerprint density at radius 1 is 1.33 bits per heavy atom. The fourth-order valence-electron chi connectivity index (χ4n) is 1.92. The van der Waals surface area contributed by atoms with E-state index in [9.17, 15) is 4.79 Å². The highest BCUT2D eigenvalue weighted by Crippen LogP contribution is 2.12. The molecule has 102 valence electrons. The summed E-state index contributed by atoms with van der Waals surface area (Å²) in [6.07, 6.45) is 11.2. The second-order valence-electron chi connectivity index (χ2n) is 4.66. The van der Waals surface area contributed by atoms with Crippen LogP contribution in [0.15, 0.2) is 18.7 Å². The van der Waals surface area contributed by atoms with Gasteiger partial charge in [-0.25, -0.2) is 4.98 Å². The van der Waals surface area contributed by atoms with E-state index in [1.165, 1.54) is 19.3 Å². The second kappa shape index (κ2) is 8.72. The Labute approximate surface area is 109 Å². The van der Waals surface area contributed by atoms with E-state index in [0.29, 0.717) is 6.61 Å². The van der Waals surface area contributed by atoms with Crippen molar-refractivity contribution < 1.29 is 9.53 Å². The van der Waals surface area contributed by atoms with Crippen LogP contribution in [-0.2, 0) is 16.1 Å². The molecule has 1 atom stereocenters. The van der Waals surface area contributed by atoms with E-state index >= 15 is 0 Å². The molecule has 0 aliphatic carbocycles. The van der Waals surface area contributed by atoms with E-state index in [0.717, 1.165) is 19.4 Å². The van der Waals surface area contributed by atoms with Gasteiger partial charge in [0.25, 0.3) is 0 Å². The molecule has 0 N–H and O–H groups in total. The van der Waals surface area contributed by atoms with Crippen LogP contribution in [0.4, 0.5) is 0 Å². The molecule has 1 rings (SSSR count). The highest BCUT2D eigenvalue weighted by Gasteiger charge is 2.12. The van der Waals surface area contributed by atoms with E-state index in [-0.39, 0.29) is 11.9 Å². The largest absolute Gasteiger partial charge is 0.466 e. The van der Waals surface area contributed by atoms with Crippen molar-refractivity contribution in [3.63, 3.8) is 0 Å². The Morgan fingerprint density at radius 2 is 2.11 bits per heavy atom. The lowest BCUT2D eigenvalue weighted by Crippen LogP contribution is -2.14. The van der Waals surface area contributed by atoms with Gasteiger partial charge in [-0.3, -0.25) is 4.79 Å². The van der Waals surface area contributed by atoms with Crippen LogP contribution in [0.25, 0.3) is 0 Å². The summed E-state index contributed by atoms with van der Waals surface area (Å²) in [6.45, 7) is 5.31. The van der Waals surface area contributed by atoms with Gasteiger partial charge >= 0.3 is 5.97 Å². The SMILES string of the molecule is CCOC(=O)[C@H](C)CCCCCCn1ccnc1. The van der Waals surface area contributed by atoms with Crippen LogP contribution in [0.3, 0.4) is 0 Å². The number of aromatic nitrogens is 2. The van der Waals surface area contributed by atoms with Crippen LogP contribution in [0.1, 0.15) is 46.0 Å². The first-order valence-corrected chi connectivity index (χ1v) is 6.86. The fraction of sp³-hybridized carbons (Fsp3) is 0.714. The summed E-state index contributed by atoms with van der Waals surface area (Å²) in [5.74, 6) is -0.0190. The number of carbonyl (C=O) groups is 1. The monoisotopic (exact) mass is 252 g/mol. The van der Waals surface area contributed by atoms with Gasteiger partial charge in [0.2, 0.25) is 0 Å². The molecule has 0 bridgehead atoms. The van der Waals surface area contributed by atoms with Crippen molar-refractivity contribution in [2.45, 2.75) is 52.5 Å². The van der Waals surface area contributed by atoms with Crippen molar-refractivity contribution in [3.05, 3.63) is 18.7 Å². The van der Waals surface area contributed by atoms with Crippen LogP contribution in [-0.4, -0.2) is 22.1 Å². The first-order valence-electron chi connectivity index (χ1n) is 6.86. The third-order valence-electron chi connectivity index (χ3n) is 3.05. The van der Waals surface area contributed by atoms with Gasteiger partial charge in [0, 0.05) is 18.9 Å². The van der Waals surface area contributed by atoms with Gasteiger partial charge in [-0.2, -0.15) is 0 Å². The summed E-state index contributed by atoms with van der Waals surface area (Å²) in [5.41, 5.74) is 0. The van der Waals surface area contributed by atoms with Crippen LogP contribution < -0.4 is 0 Å². The van der Waals surface area contributed by atoms with E-state index in [1.807, 2.05) is 26.4 Å². The number of imidazole rings is 1. The van der Waals surface area contributed by atoms with Gasteiger partial charge in [0.05, 0.1) is 18.9 Å². The zero-order chi connectivity index (χ0) is 13.2. The van der Waals surface area contributed by atoms with E-state index in [4.69, 9.17) is 4.74 Å². The maximum absolute atomic E-state index is 11.4. The van der Waals surface area contributed by atoms with Gasteiger partial charge in [-0.05, 0) is 19.8 Å². The Morgan fingerprint density at radius 3 is 2.78 bits per heavy atom. The zero-order valence-corrected chi connectivity index (χ0v) is 11.5. The molecule has 0 saturated carbocycles. The number of nitrogens with zero attached hydrogens (tertiary/aromatic N) is 2. The Bertz CT molecular complexity index is 323. The molecule has 4 nitrogen and oxygen atoms in total. The van der Waals surface area contributed by atoms with Gasteiger partial charge in [-0.15, -0.1) is 0 Å². The number of carbonyl (C=O) groups excluding carboxylic acids is 1. The van der Waals surface area contributed by atoms with Crippen molar-refractivity contribution in [3.8, 4) is 0 Å². The van der Waals surface area contributed by atoms with Crippen molar-refractivity contribution in [1.82, 2.24) is 9.55 Å². The lowest BCUT2D eigenvalue weighted by atomic mass is 10.0. The molecule has 1 heterocycles. The third-order valence-corrected chi connectivity index (χ3v) is 3.05. The van der Waals surface area contributed by atoms with Crippen molar-refractivity contribution >= 4 is 5.97 Å². The Balaban J connectivity index is 1.96. The number of ether oxygens (including phenoxy) is 1. The zero-order valence-electron chi connectivity index (χ0n) is 11.5. The molecule has 4 heteroatoms. The predicted octanol–water partition coefficient (Wildman–Crippen LogP) is 3.03. The number of esters is 1. The van der Waals surface area contributed by atoms with Crippen LogP contribution in [0, 0.1) is 5.92 Å². The summed E-state index contributed by atoms with van der Waals surface area (Å²) < 4.78 is 7.08. The Kier molecular flexibility index (Phi) is 7.14. The van der Waals surface area contributed by atoms with Crippen molar-refractivity contribution in [2.24, 2.45) is 5.92 Å². The fourth-order valence-corrected chi connectivity index (χ4v) is 1.92. The van der Waals surface area contributed by atoms with E-state index in [1.54, 1.807) is 6.20 Å². The standard InChI is InChI=1S/C14H24N2O2/c1-3-18-14(17)13(2)8-6-4-5-7-10-16-11-9-15-12-16/h9,11-13H,3-8,10H2,1-2H3/t13-/m1/s1. The highest BCUT2D eigenvalue weighted by atomic mass is 16.5. The molecule has 0 aliphatic heterocycles. The minimum Gasteiger partial charge on any atom is -0.466 e. The summed E-state index contributed by atoms with van der Waals surface area (Å²) >= 11 is 0. The summed E-state index contributed by atoms with van der Waals surface area (Å²) in [5, 5.41) is 0. The number of hydrogen-bond acceptors (Lipinski definition) is 3. The second-order valence-corrected chi connectivity index (χ2v) is 4.66. The molecule has 0 spiro atoms. The number of aryl methyl sites for hydroxylation is 1. The van der Waals surface area contributed by atoms with Gasteiger partial charge < -0.3 is 9.30 Å². The Hall–Kier alpha value is -1.32. The molecule has 0 radical (unpaired) electrons. The third kappa shape index (κ3) is 5.84. The molecule has 0 saturated heterocycles. The first kappa shape index (κ1) is 14.7. The van der Waals surface area contributed by atoms with Crippen molar-refractivity contribution in [2.75, 3.05) is 6.61 Å². The van der Waals surface area contributed by atoms with Crippen LogP contribution >= 0.6 is 0 Å². The molecule has 0 aromatic carbocycles. The van der Waals surface area contributed by atoms with Crippen LogP contribution in [0.2, 0.25) is 0 Å². The lowest BCUT2D eigenvalue weighted by molar-refractivity contribution is -0.147. The van der Waals surface area contributed by atoms with E-state index < -0.39 is 0 Å². The molecule has 0 amide bonds. The molecule has 0 aliphatic rings. The number of unbranched alkanes of at least 4 members (excludes halogenated alkanes) is 3. The average molecular weight is 252 g/mol. The van der Waals surface area contributed by atoms with Gasteiger partial charge in [0.1, 0.15) is 0 Å². The van der Waals surface area contributed by atoms with Crippen LogP contribution in [0.5, 0.6) is 0 Å². The van der Waals surface area contributed by atoms with Gasteiger partial charge in [0.15, 0.2) is 0 Å².